The number of nitrogens with zero attached hydrogens (tertiary/aromatic N) is 3. The van der Waals surface area contributed by atoms with E-state index in [-0.39, 0.29) is 17.9 Å². The highest BCUT2D eigenvalue weighted by Crippen LogP contribution is 2.22. The Hall–Kier alpha value is -3.09. The fraction of sp³-hybridized carbons (Fsp3) is 0.300. The van der Waals surface area contributed by atoms with Gasteiger partial charge in [-0.2, -0.15) is 0 Å². The lowest BCUT2D eigenvalue weighted by atomic mass is 10.1. The lowest BCUT2D eigenvalue weighted by Crippen LogP contribution is -2.56. The highest BCUT2D eigenvalue weighted by atomic mass is 19.1. The molecule has 1 saturated heterocycles. The number of hydrogen-bond acceptors (Lipinski definition) is 4. The van der Waals surface area contributed by atoms with E-state index in [0.29, 0.717) is 31.9 Å². The second kappa shape index (κ2) is 7.26. The summed E-state index contributed by atoms with van der Waals surface area (Å²) in [5.74, 6) is -0.337. The molecule has 0 radical (unpaired) electrons. The van der Waals surface area contributed by atoms with Gasteiger partial charge in [-0.25, -0.2) is 9.18 Å². The van der Waals surface area contributed by atoms with Crippen molar-refractivity contribution >= 4 is 22.7 Å². The van der Waals surface area contributed by atoms with Crippen LogP contribution >= 0.6 is 0 Å². The quantitative estimate of drug-likeness (QED) is 0.770. The number of halogens is 1. The Labute approximate surface area is 156 Å². The zero-order valence-electron chi connectivity index (χ0n) is 15.1. The number of aromatic nitrogens is 1. The number of carbonyl (C=O) groups excluding carboxylic acids is 1. The van der Waals surface area contributed by atoms with E-state index in [1.54, 1.807) is 23.4 Å². The van der Waals surface area contributed by atoms with Gasteiger partial charge in [0.2, 0.25) is 0 Å². The minimum Gasteiger partial charge on any atom is -0.464 e. The van der Waals surface area contributed by atoms with Crippen LogP contribution in [-0.2, 0) is 6.54 Å². The third kappa shape index (κ3) is 3.45. The molecule has 140 valence electrons. The number of rotatable bonds is 3. The number of anilines is 1. The molecule has 0 bridgehead atoms. The van der Waals surface area contributed by atoms with E-state index in [0.717, 1.165) is 16.5 Å². The average molecular weight is 368 g/mol. The van der Waals surface area contributed by atoms with Crippen molar-refractivity contribution in [1.29, 1.82) is 0 Å². The second-order valence-corrected chi connectivity index (χ2v) is 6.72. The Morgan fingerprint density at radius 1 is 1.33 bits per heavy atom. The number of pyridine rings is 1. The summed E-state index contributed by atoms with van der Waals surface area (Å²) < 4.78 is 19.4. The minimum atomic E-state index is -0.337. The van der Waals surface area contributed by atoms with E-state index >= 15 is 0 Å². The fourth-order valence-corrected chi connectivity index (χ4v) is 3.59. The summed E-state index contributed by atoms with van der Waals surface area (Å²) in [7, 11) is 0. The van der Waals surface area contributed by atoms with E-state index in [9.17, 15) is 9.18 Å². The van der Waals surface area contributed by atoms with E-state index < -0.39 is 0 Å². The minimum absolute atomic E-state index is 0.0315. The number of amides is 2. The first-order valence-corrected chi connectivity index (χ1v) is 8.97. The van der Waals surface area contributed by atoms with Crippen molar-refractivity contribution in [2.24, 2.45) is 0 Å². The predicted molar refractivity (Wildman–Crippen MR) is 101 cm³/mol. The maximum atomic E-state index is 14.0. The highest BCUT2D eigenvalue weighted by molar-refractivity contribution is 5.82. The summed E-state index contributed by atoms with van der Waals surface area (Å²) in [6.45, 7) is 4.09. The maximum Gasteiger partial charge on any atom is 0.318 e. The molecule has 1 aliphatic heterocycles. The van der Waals surface area contributed by atoms with E-state index in [1.165, 1.54) is 6.20 Å². The molecule has 1 unspecified atom stereocenters. The zero-order valence-corrected chi connectivity index (χ0v) is 15.1. The standard InChI is InChI=1S/C20H21FN4O2/c1-14-13-24(18-5-7-22-12-17(18)21)8-9-25(14)20(26)23-11-15-3-2-4-19-16(15)6-10-27-19/h2-7,10,12,14H,8-9,11,13H2,1H3,(H,23,26). The first-order valence-electron chi connectivity index (χ1n) is 8.97. The van der Waals surface area contributed by atoms with Gasteiger partial charge in [0.05, 0.1) is 18.1 Å². The monoisotopic (exact) mass is 368 g/mol. The molecule has 2 amide bonds. The summed E-state index contributed by atoms with van der Waals surface area (Å²) >= 11 is 0. The molecule has 4 rings (SSSR count). The molecular formula is C20H21FN4O2. The number of piperazine rings is 1. The van der Waals surface area contributed by atoms with E-state index in [2.05, 4.69) is 10.3 Å². The molecule has 1 atom stereocenters. The molecule has 3 aromatic rings. The van der Waals surface area contributed by atoms with Gasteiger partial charge in [0, 0.05) is 43.8 Å². The Morgan fingerprint density at radius 2 is 2.22 bits per heavy atom. The summed E-state index contributed by atoms with van der Waals surface area (Å²) in [5, 5.41) is 3.99. The SMILES string of the molecule is CC1CN(c2ccncc2F)CCN1C(=O)NCc1cccc2occc12. The number of furan rings is 1. The van der Waals surface area contributed by atoms with Gasteiger partial charge in [-0.3, -0.25) is 4.98 Å². The van der Waals surface area contributed by atoms with Crippen molar-refractivity contribution in [2.75, 3.05) is 24.5 Å². The molecule has 1 aliphatic rings. The largest absolute Gasteiger partial charge is 0.464 e. The van der Waals surface area contributed by atoms with Crippen molar-refractivity contribution in [3.63, 3.8) is 0 Å². The van der Waals surface area contributed by atoms with E-state index in [1.807, 2.05) is 36.1 Å². The summed E-state index contributed by atoms with van der Waals surface area (Å²) in [5.41, 5.74) is 2.35. The Bertz CT molecular complexity index is 958. The zero-order chi connectivity index (χ0) is 18.8. The summed E-state index contributed by atoms with van der Waals surface area (Å²) in [4.78, 5) is 20.2. The van der Waals surface area contributed by atoms with Crippen LogP contribution in [0.3, 0.4) is 0 Å². The van der Waals surface area contributed by atoms with Crippen molar-refractivity contribution in [1.82, 2.24) is 15.2 Å². The number of fused-ring (bicyclic) bond motifs is 1. The number of urea groups is 1. The molecule has 2 aromatic heterocycles. The van der Waals surface area contributed by atoms with Crippen molar-refractivity contribution < 1.29 is 13.6 Å². The fourth-order valence-electron chi connectivity index (χ4n) is 3.59. The third-order valence-electron chi connectivity index (χ3n) is 5.00. The molecule has 7 heteroatoms. The smallest absolute Gasteiger partial charge is 0.318 e. The maximum absolute atomic E-state index is 14.0. The molecule has 27 heavy (non-hydrogen) atoms. The molecule has 0 spiro atoms. The molecular weight excluding hydrogens is 347 g/mol. The van der Waals surface area contributed by atoms with Gasteiger partial charge >= 0.3 is 6.03 Å². The molecule has 1 aromatic carbocycles. The normalized spacial score (nSPS) is 17.3. The van der Waals surface area contributed by atoms with Gasteiger partial charge in [-0.1, -0.05) is 12.1 Å². The molecule has 6 nitrogen and oxygen atoms in total. The summed E-state index contributed by atoms with van der Waals surface area (Å²) in [6, 6.07) is 9.23. The molecule has 1 fully saturated rings. The van der Waals surface area contributed by atoms with Crippen LogP contribution < -0.4 is 10.2 Å². The number of carbonyl (C=O) groups is 1. The third-order valence-corrected chi connectivity index (χ3v) is 5.00. The predicted octanol–water partition coefficient (Wildman–Crippen LogP) is 3.39. The number of benzene rings is 1. The number of hydrogen-bond donors (Lipinski definition) is 1. The van der Waals surface area contributed by atoms with Crippen LogP contribution in [0.4, 0.5) is 14.9 Å². The molecule has 0 aliphatic carbocycles. The van der Waals surface area contributed by atoms with Crippen LogP contribution in [0.2, 0.25) is 0 Å². The van der Waals surface area contributed by atoms with Crippen LogP contribution in [0.15, 0.2) is 53.4 Å². The Morgan fingerprint density at radius 3 is 3.04 bits per heavy atom. The van der Waals surface area contributed by atoms with Gasteiger partial charge < -0.3 is 19.5 Å². The molecule has 3 heterocycles. The topological polar surface area (TPSA) is 61.6 Å². The number of nitrogens with one attached hydrogen (secondary N) is 1. The Balaban J connectivity index is 1.39. The first-order chi connectivity index (χ1) is 13.1. The van der Waals surface area contributed by atoms with Crippen LogP contribution in [0.1, 0.15) is 12.5 Å². The van der Waals surface area contributed by atoms with Gasteiger partial charge in [0.25, 0.3) is 0 Å². The lowest BCUT2D eigenvalue weighted by molar-refractivity contribution is 0.171. The summed E-state index contributed by atoms with van der Waals surface area (Å²) in [6.07, 6.45) is 4.45. The van der Waals surface area contributed by atoms with Crippen molar-refractivity contribution in [3.05, 3.63) is 60.4 Å². The molecule has 1 N–H and O–H groups in total. The van der Waals surface area contributed by atoms with Gasteiger partial charge in [-0.05, 0) is 30.7 Å². The second-order valence-electron chi connectivity index (χ2n) is 6.72. The van der Waals surface area contributed by atoms with Crippen molar-refractivity contribution in [2.45, 2.75) is 19.5 Å². The van der Waals surface area contributed by atoms with Crippen LogP contribution in [-0.4, -0.2) is 41.6 Å². The van der Waals surface area contributed by atoms with Crippen LogP contribution in [0.5, 0.6) is 0 Å². The van der Waals surface area contributed by atoms with Gasteiger partial charge in [0.15, 0.2) is 5.82 Å². The average Bonchev–Trinajstić information content (AvgIpc) is 3.16. The van der Waals surface area contributed by atoms with Gasteiger partial charge in [-0.15, -0.1) is 0 Å². The lowest BCUT2D eigenvalue weighted by Gasteiger charge is -2.40. The van der Waals surface area contributed by atoms with Crippen LogP contribution in [0, 0.1) is 5.82 Å². The first kappa shape index (κ1) is 17.3. The van der Waals surface area contributed by atoms with Crippen LogP contribution in [0.25, 0.3) is 11.0 Å². The van der Waals surface area contributed by atoms with E-state index in [4.69, 9.17) is 4.42 Å². The molecule has 0 saturated carbocycles. The van der Waals surface area contributed by atoms with Gasteiger partial charge in [0.1, 0.15) is 5.58 Å². The van der Waals surface area contributed by atoms with Crippen molar-refractivity contribution in [3.8, 4) is 0 Å². The Kier molecular flexibility index (Phi) is 4.66. The highest BCUT2D eigenvalue weighted by Gasteiger charge is 2.28.